The molecule has 0 bridgehead atoms. The molecule has 6 nitrogen and oxygen atoms in total. The molecule has 1 aromatic rings. The summed E-state index contributed by atoms with van der Waals surface area (Å²) in [6, 6.07) is 6.37. The average molecular weight is 321 g/mol. The van der Waals surface area contributed by atoms with E-state index in [1.807, 2.05) is 0 Å². The maximum absolute atomic E-state index is 12.4. The number of hydrogen-bond acceptors (Lipinski definition) is 4. The van der Waals surface area contributed by atoms with Crippen LogP contribution < -0.4 is 0 Å². The van der Waals surface area contributed by atoms with Gasteiger partial charge in [0.1, 0.15) is 16.9 Å². The van der Waals surface area contributed by atoms with Crippen molar-refractivity contribution in [2.75, 3.05) is 6.54 Å². The van der Waals surface area contributed by atoms with Gasteiger partial charge in [0.05, 0.1) is 0 Å². The van der Waals surface area contributed by atoms with Crippen LogP contribution in [0.3, 0.4) is 0 Å². The maximum atomic E-state index is 12.4. The number of carboxylic acids is 1. The molecule has 1 fully saturated rings. The third-order valence-electron chi connectivity index (χ3n) is 3.93. The number of hydrogen-bond donors (Lipinski definition) is 2. The molecule has 2 N–H and O–H groups in total. The molecular formula is C17H23NO5. The monoisotopic (exact) mass is 321 g/mol. The summed E-state index contributed by atoms with van der Waals surface area (Å²) in [6.07, 6.45) is 0.574. The summed E-state index contributed by atoms with van der Waals surface area (Å²) in [6.45, 7) is 5.62. The van der Waals surface area contributed by atoms with Crippen molar-refractivity contribution < 1.29 is 24.5 Å². The van der Waals surface area contributed by atoms with Gasteiger partial charge >= 0.3 is 12.1 Å². The fourth-order valence-electron chi connectivity index (χ4n) is 2.89. The molecule has 0 aromatic heterocycles. The molecule has 1 aliphatic heterocycles. The number of phenolic OH excluding ortho intramolecular Hbond substituents is 1. The van der Waals surface area contributed by atoms with E-state index >= 15 is 0 Å². The van der Waals surface area contributed by atoms with Crippen molar-refractivity contribution in [3.05, 3.63) is 29.8 Å². The molecule has 0 aliphatic carbocycles. The molecule has 1 amide bonds. The van der Waals surface area contributed by atoms with E-state index in [2.05, 4.69) is 0 Å². The predicted octanol–water partition coefficient (Wildman–Crippen LogP) is 2.79. The molecule has 6 heteroatoms. The SMILES string of the molecule is CC(C)(C)OC(=O)N1CCCC1(Cc1ccc(O)cc1)C(=O)O. The lowest BCUT2D eigenvalue weighted by Gasteiger charge is -2.36. The molecule has 23 heavy (non-hydrogen) atoms. The largest absolute Gasteiger partial charge is 0.508 e. The number of aliphatic carboxylic acids is 1. The fourth-order valence-corrected chi connectivity index (χ4v) is 2.89. The van der Waals surface area contributed by atoms with Crippen LogP contribution in [0.5, 0.6) is 5.75 Å². The number of amides is 1. The summed E-state index contributed by atoms with van der Waals surface area (Å²) >= 11 is 0. The zero-order valence-electron chi connectivity index (χ0n) is 13.7. The molecule has 1 heterocycles. The van der Waals surface area contributed by atoms with Gasteiger partial charge in [0.2, 0.25) is 0 Å². The van der Waals surface area contributed by atoms with Crippen LogP contribution in [0.15, 0.2) is 24.3 Å². The summed E-state index contributed by atoms with van der Waals surface area (Å²) in [5.41, 5.74) is -1.23. The number of carbonyl (C=O) groups is 2. The van der Waals surface area contributed by atoms with Gasteiger partial charge in [-0.3, -0.25) is 4.90 Å². The van der Waals surface area contributed by atoms with Crippen molar-refractivity contribution in [1.82, 2.24) is 4.90 Å². The minimum absolute atomic E-state index is 0.119. The first-order valence-corrected chi connectivity index (χ1v) is 7.66. The van der Waals surface area contributed by atoms with Crippen LogP contribution in [0.1, 0.15) is 39.2 Å². The van der Waals surface area contributed by atoms with Crippen molar-refractivity contribution in [2.24, 2.45) is 0 Å². The quantitative estimate of drug-likeness (QED) is 0.894. The first-order valence-electron chi connectivity index (χ1n) is 7.66. The number of benzene rings is 1. The van der Waals surface area contributed by atoms with Crippen LogP contribution >= 0.6 is 0 Å². The Kier molecular flexibility index (Phi) is 4.54. The Bertz CT molecular complexity index is 590. The Hall–Kier alpha value is -2.24. The minimum atomic E-state index is -1.31. The van der Waals surface area contributed by atoms with Crippen LogP contribution in [0.2, 0.25) is 0 Å². The Morgan fingerprint density at radius 3 is 2.39 bits per heavy atom. The van der Waals surface area contributed by atoms with Crippen LogP contribution in [-0.4, -0.2) is 44.9 Å². The number of aromatic hydroxyl groups is 1. The zero-order valence-corrected chi connectivity index (χ0v) is 13.7. The van der Waals surface area contributed by atoms with E-state index in [9.17, 15) is 19.8 Å². The van der Waals surface area contributed by atoms with Gasteiger partial charge < -0.3 is 14.9 Å². The van der Waals surface area contributed by atoms with Crippen molar-refractivity contribution in [1.29, 1.82) is 0 Å². The van der Waals surface area contributed by atoms with E-state index in [-0.39, 0.29) is 12.2 Å². The second-order valence-electron chi connectivity index (χ2n) is 6.92. The van der Waals surface area contributed by atoms with Gasteiger partial charge in [-0.2, -0.15) is 0 Å². The average Bonchev–Trinajstić information content (AvgIpc) is 2.84. The number of rotatable bonds is 3. The standard InChI is InChI=1S/C17H23NO5/c1-16(2,3)23-15(22)18-10-4-9-17(18,14(20)21)11-12-5-7-13(19)8-6-12/h5-8,19H,4,9-11H2,1-3H3,(H,20,21). The van der Waals surface area contributed by atoms with E-state index in [4.69, 9.17) is 4.74 Å². The van der Waals surface area contributed by atoms with Crippen molar-refractivity contribution >= 4 is 12.1 Å². The van der Waals surface area contributed by atoms with Gasteiger partial charge in [0.25, 0.3) is 0 Å². The molecule has 0 radical (unpaired) electrons. The lowest BCUT2D eigenvalue weighted by Crippen LogP contribution is -2.55. The van der Waals surface area contributed by atoms with Crippen LogP contribution in [0.25, 0.3) is 0 Å². The highest BCUT2D eigenvalue weighted by Gasteiger charge is 2.51. The molecule has 1 atom stereocenters. The first-order chi connectivity index (χ1) is 10.6. The van der Waals surface area contributed by atoms with Crippen LogP contribution in [0, 0.1) is 0 Å². The highest BCUT2D eigenvalue weighted by molar-refractivity contribution is 5.85. The molecule has 1 saturated heterocycles. The zero-order chi connectivity index (χ0) is 17.3. The molecule has 1 unspecified atom stereocenters. The van der Waals surface area contributed by atoms with Crippen molar-refractivity contribution in [3.8, 4) is 5.75 Å². The molecule has 1 aliphatic rings. The highest BCUT2D eigenvalue weighted by atomic mass is 16.6. The van der Waals surface area contributed by atoms with E-state index < -0.39 is 23.2 Å². The lowest BCUT2D eigenvalue weighted by molar-refractivity contribution is -0.149. The van der Waals surface area contributed by atoms with Gasteiger partial charge in [0, 0.05) is 13.0 Å². The normalized spacial score (nSPS) is 21.3. The van der Waals surface area contributed by atoms with Gasteiger partial charge in [-0.25, -0.2) is 9.59 Å². The summed E-state index contributed by atoms with van der Waals surface area (Å²) in [7, 11) is 0. The summed E-state index contributed by atoms with van der Waals surface area (Å²) in [5.74, 6) is -0.914. The smallest absolute Gasteiger partial charge is 0.411 e. The summed E-state index contributed by atoms with van der Waals surface area (Å²) < 4.78 is 5.37. The number of nitrogens with zero attached hydrogens (tertiary/aromatic N) is 1. The van der Waals surface area contributed by atoms with Crippen LogP contribution in [0.4, 0.5) is 4.79 Å². The van der Waals surface area contributed by atoms with E-state index in [1.54, 1.807) is 32.9 Å². The van der Waals surface area contributed by atoms with Gasteiger partial charge in [-0.05, 0) is 51.3 Å². The van der Waals surface area contributed by atoms with E-state index in [0.29, 0.717) is 19.4 Å². The van der Waals surface area contributed by atoms with Gasteiger partial charge in [0.15, 0.2) is 0 Å². The Morgan fingerprint density at radius 1 is 1.26 bits per heavy atom. The van der Waals surface area contributed by atoms with E-state index in [1.165, 1.54) is 17.0 Å². The Balaban J connectivity index is 2.29. The predicted molar refractivity (Wildman–Crippen MR) is 84.4 cm³/mol. The van der Waals surface area contributed by atoms with Crippen LogP contribution in [-0.2, 0) is 16.0 Å². The number of likely N-dealkylation sites (tertiary alicyclic amines) is 1. The number of carbonyl (C=O) groups excluding carboxylic acids is 1. The number of ether oxygens (including phenoxy) is 1. The maximum Gasteiger partial charge on any atom is 0.411 e. The lowest BCUT2D eigenvalue weighted by atomic mass is 9.88. The summed E-state index contributed by atoms with van der Waals surface area (Å²) in [5, 5.41) is 19.2. The fraction of sp³-hybridized carbons (Fsp3) is 0.529. The molecular weight excluding hydrogens is 298 g/mol. The van der Waals surface area contributed by atoms with Crippen molar-refractivity contribution in [2.45, 2.75) is 51.2 Å². The third-order valence-corrected chi connectivity index (χ3v) is 3.93. The number of carboxylic acid groups (broad SMARTS) is 1. The topological polar surface area (TPSA) is 87.1 Å². The Morgan fingerprint density at radius 2 is 1.87 bits per heavy atom. The highest BCUT2D eigenvalue weighted by Crippen LogP contribution is 2.34. The molecule has 126 valence electrons. The van der Waals surface area contributed by atoms with E-state index in [0.717, 1.165) is 5.56 Å². The first kappa shape index (κ1) is 17.1. The third kappa shape index (κ3) is 3.75. The second kappa shape index (κ2) is 6.10. The molecule has 0 saturated carbocycles. The minimum Gasteiger partial charge on any atom is -0.508 e. The molecule has 1 aromatic carbocycles. The summed E-state index contributed by atoms with van der Waals surface area (Å²) in [4.78, 5) is 25.7. The molecule has 0 spiro atoms. The Labute approximate surface area is 135 Å². The molecule has 2 rings (SSSR count). The second-order valence-corrected chi connectivity index (χ2v) is 6.92. The van der Waals surface area contributed by atoms with Crippen molar-refractivity contribution in [3.63, 3.8) is 0 Å². The van der Waals surface area contributed by atoms with Gasteiger partial charge in [-0.15, -0.1) is 0 Å². The van der Waals surface area contributed by atoms with Gasteiger partial charge in [-0.1, -0.05) is 12.1 Å². The number of phenols is 1.